The third-order valence-electron chi connectivity index (χ3n) is 3.62. The average molecular weight is 319 g/mol. The summed E-state index contributed by atoms with van der Waals surface area (Å²) in [6.07, 6.45) is 1.72. The first kappa shape index (κ1) is 15.7. The fraction of sp³-hybridized carbons (Fsp3) is 0.150. The van der Waals surface area contributed by atoms with Gasteiger partial charge in [0.15, 0.2) is 0 Å². The summed E-state index contributed by atoms with van der Waals surface area (Å²) in [6.45, 7) is 2.14. The van der Waals surface area contributed by atoms with E-state index in [4.69, 9.17) is 9.47 Å². The Labute approximate surface area is 140 Å². The van der Waals surface area contributed by atoms with Crippen LogP contribution in [0.15, 0.2) is 54.7 Å². The number of carbonyl (C=O) groups is 1. The molecule has 0 N–H and O–H groups in total. The van der Waals surface area contributed by atoms with Crippen molar-refractivity contribution in [2.45, 2.75) is 6.92 Å². The molecular weight excluding hydrogens is 302 g/mol. The second-order valence-corrected chi connectivity index (χ2v) is 5.12. The maximum absolute atomic E-state index is 12.1. The molecule has 0 spiro atoms. The van der Waals surface area contributed by atoms with E-state index in [1.807, 2.05) is 48.5 Å². The van der Waals surface area contributed by atoms with E-state index in [-0.39, 0.29) is 5.97 Å². The Hall–Kier alpha value is -3.19. The molecule has 120 valence electrons. The highest BCUT2D eigenvalue weighted by Gasteiger charge is 2.14. The van der Waals surface area contributed by atoms with Crippen molar-refractivity contribution in [2.75, 3.05) is 13.7 Å². The zero-order valence-corrected chi connectivity index (χ0v) is 13.6. The van der Waals surface area contributed by atoms with Gasteiger partial charge in [-0.05, 0) is 43.2 Å². The number of hydrogen-bond donors (Lipinski definition) is 0. The minimum atomic E-state index is -0.335. The minimum Gasteiger partial charge on any atom is -0.497 e. The van der Waals surface area contributed by atoms with E-state index in [2.05, 4.69) is 12.0 Å². The van der Waals surface area contributed by atoms with E-state index >= 15 is 0 Å². The summed E-state index contributed by atoms with van der Waals surface area (Å²) < 4.78 is 12.0. The van der Waals surface area contributed by atoms with Gasteiger partial charge in [0.05, 0.1) is 24.8 Å². The number of ether oxygens (including phenoxy) is 2. The first-order chi connectivity index (χ1) is 11.7. The van der Waals surface area contributed by atoms with Crippen LogP contribution in [0.25, 0.3) is 10.9 Å². The van der Waals surface area contributed by atoms with Gasteiger partial charge in [-0.15, -0.1) is 0 Å². The predicted molar refractivity (Wildman–Crippen MR) is 93.2 cm³/mol. The van der Waals surface area contributed by atoms with Gasteiger partial charge in [0.2, 0.25) is 0 Å². The molecule has 0 fully saturated rings. The number of carbonyl (C=O) groups excluding carboxylic acids is 1. The standard InChI is InChI=1S/C20H17NO3/c1-3-24-20(22)18-14-21(19-7-5-4-6-17(18)19)13-12-15-8-10-16(23-2)11-9-15/h4-11,14H,3H2,1-2H3. The van der Waals surface area contributed by atoms with E-state index in [1.165, 1.54) is 0 Å². The third kappa shape index (κ3) is 3.11. The quantitative estimate of drug-likeness (QED) is 0.546. The molecule has 3 aromatic rings. The number of rotatable bonds is 3. The van der Waals surface area contributed by atoms with Gasteiger partial charge >= 0.3 is 5.97 Å². The SMILES string of the molecule is CCOC(=O)c1cn(C#Cc2ccc(OC)cc2)c2ccccc12. The Morgan fingerprint density at radius 1 is 1.12 bits per heavy atom. The van der Waals surface area contributed by atoms with Gasteiger partial charge in [0, 0.05) is 23.2 Å². The largest absolute Gasteiger partial charge is 0.497 e. The highest BCUT2D eigenvalue weighted by molar-refractivity contribution is 6.04. The zero-order valence-electron chi connectivity index (χ0n) is 13.6. The van der Waals surface area contributed by atoms with Crippen LogP contribution in [0.5, 0.6) is 5.75 Å². The van der Waals surface area contributed by atoms with Crippen molar-refractivity contribution >= 4 is 16.9 Å². The summed E-state index contributed by atoms with van der Waals surface area (Å²) >= 11 is 0. The van der Waals surface area contributed by atoms with Crippen molar-refractivity contribution in [3.05, 3.63) is 65.9 Å². The van der Waals surface area contributed by atoms with E-state index in [9.17, 15) is 4.79 Å². The van der Waals surface area contributed by atoms with E-state index in [0.717, 1.165) is 22.2 Å². The van der Waals surface area contributed by atoms with Gasteiger partial charge in [-0.3, -0.25) is 4.57 Å². The Bertz CT molecular complexity index is 927. The molecule has 1 aromatic heterocycles. The van der Waals surface area contributed by atoms with Gasteiger partial charge < -0.3 is 9.47 Å². The van der Waals surface area contributed by atoms with Crippen LogP contribution in [0.2, 0.25) is 0 Å². The number of methoxy groups -OCH3 is 1. The summed E-state index contributed by atoms with van der Waals surface area (Å²) in [7, 11) is 1.63. The van der Waals surface area contributed by atoms with Crippen LogP contribution in [0.3, 0.4) is 0 Å². The molecule has 0 amide bonds. The highest BCUT2D eigenvalue weighted by Crippen LogP contribution is 2.21. The summed E-state index contributed by atoms with van der Waals surface area (Å²) in [4.78, 5) is 12.1. The van der Waals surface area contributed by atoms with E-state index < -0.39 is 0 Å². The zero-order chi connectivity index (χ0) is 16.9. The summed E-state index contributed by atoms with van der Waals surface area (Å²) in [5.74, 6) is 3.55. The first-order valence-electron chi connectivity index (χ1n) is 7.66. The van der Waals surface area contributed by atoms with Crippen LogP contribution in [0.4, 0.5) is 0 Å². The van der Waals surface area contributed by atoms with Gasteiger partial charge in [0.1, 0.15) is 5.75 Å². The van der Waals surface area contributed by atoms with Gasteiger partial charge in [0.25, 0.3) is 0 Å². The number of benzene rings is 2. The Morgan fingerprint density at radius 2 is 1.88 bits per heavy atom. The second kappa shape index (κ2) is 6.93. The molecule has 3 rings (SSSR count). The molecule has 0 aliphatic heterocycles. The lowest BCUT2D eigenvalue weighted by atomic mass is 10.2. The van der Waals surface area contributed by atoms with Crippen LogP contribution < -0.4 is 4.74 Å². The van der Waals surface area contributed by atoms with Crippen LogP contribution >= 0.6 is 0 Å². The summed E-state index contributed by atoms with van der Waals surface area (Å²) in [5, 5.41) is 0.833. The molecule has 0 saturated carbocycles. The molecule has 24 heavy (non-hydrogen) atoms. The summed E-state index contributed by atoms with van der Waals surface area (Å²) in [5.41, 5.74) is 2.27. The number of hydrogen-bond acceptors (Lipinski definition) is 3. The van der Waals surface area contributed by atoms with Gasteiger partial charge in [-0.25, -0.2) is 4.79 Å². The fourth-order valence-corrected chi connectivity index (χ4v) is 2.44. The Kier molecular flexibility index (Phi) is 4.53. The van der Waals surface area contributed by atoms with Gasteiger partial charge in [-0.2, -0.15) is 0 Å². The van der Waals surface area contributed by atoms with Crippen LogP contribution in [0, 0.1) is 12.0 Å². The Balaban J connectivity index is 2.01. The second-order valence-electron chi connectivity index (χ2n) is 5.12. The number of nitrogens with zero attached hydrogens (tertiary/aromatic N) is 1. The van der Waals surface area contributed by atoms with Crippen molar-refractivity contribution in [2.24, 2.45) is 0 Å². The molecular formula is C20H17NO3. The number of aromatic nitrogens is 1. The van der Waals surface area contributed by atoms with Crippen LogP contribution in [-0.4, -0.2) is 24.3 Å². The third-order valence-corrected chi connectivity index (χ3v) is 3.62. The predicted octanol–water partition coefficient (Wildman–Crippen LogP) is 3.68. The molecule has 0 unspecified atom stereocenters. The fourth-order valence-electron chi connectivity index (χ4n) is 2.44. The van der Waals surface area contributed by atoms with Gasteiger partial charge in [-0.1, -0.05) is 18.2 Å². The summed E-state index contributed by atoms with van der Waals surface area (Å²) in [6, 6.07) is 18.2. The molecule has 0 aliphatic rings. The van der Waals surface area contributed by atoms with Crippen molar-refractivity contribution < 1.29 is 14.3 Å². The van der Waals surface area contributed by atoms with E-state index in [0.29, 0.717) is 12.2 Å². The maximum atomic E-state index is 12.1. The lowest BCUT2D eigenvalue weighted by molar-refractivity contribution is 0.0528. The molecule has 1 heterocycles. The number of fused-ring (bicyclic) bond motifs is 1. The van der Waals surface area contributed by atoms with Crippen LogP contribution in [-0.2, 0) is 4.74 Å². The maximum Gasteiger partial charge on any atom is 0.340 e. The molecule has 0 bridgehead atoms. The molecule has 0 radical (unpaired) electrons. The normalized spacial score (nSPS) is 10.1. The van der Waals surface area contributed by atoms with Crippen molar-refractivity contribution in [1.29, 1.82) is 0 Å². The first-order valence-corrected chi connectivity index (χ1v) is 7.66. The van der Waals surface area contributed by atoms with Crippen molar-refractivity contribution in [3.63, 3.8) is 0 Å². The van der Waals surface area contributed by atoms with Crippen LogP contribution in [0.1, 0.15) is 22.8 Å². The molecule has 2 aromatic carbocycles. The van der Waals surface area contributed by atoms with Crippen molar-refractivity contribution in [3.8, 4) is 17.7 Å². The molecule has 4 nitrogen and oxygen atoms in total. The topological polar surface area (TPSA) is 40.5 Å². The van der Waals surface area contributed by atoms with Crippen molar-refractivity contribution in [1.82, 2.24) is 4.57 Å². The monoisotopic (exact) mass is 319 g/mol. The minimum absolute atomic E-state index is 0.335. The Morgan fingerprint density at radius 3 is 2.58 bits per heavy atom. The lowest BCUT2D eigenvalue weighted by Gasteiger charge is -1.98. The molecule has 4 heteroatoms. The van der Waals surface area contributed by atoms with E-state index in [1.54, 1.807) is 24.8 Å². The number of esters is 1. The molecule has 0 saturated heterocycles. The average Bonchev–Trinajstić information content (AvgIpc) is 2.99. The highest BCUT2D eigenvalue weighted by atomic mass is 16.5. The smallest absolute Gasteiger partial charge is 0.340 e. The molecule has 0 atom stereocenters. The lowest BCUT2D eigenvalue weighted by Crippen LogP contribution is -2.03. The number of para-hydroxylation sites is 1. The molecule has 0 aliphatic carbocycles.